The molecule has 28 heavy (non-hydrogen) atoms. The van der Waals surface area contributed by atoms with E-state index in [4.69, 9.17) is 4.84 Å². The van der Waals surface area contributed by atoms with Gasteiger partial charge in [0.1, 0.15) is 12.4 Å². The van der Waals surface area contributed by atoms with Crippen molar-refractivity contribution in [3.63, 3.8) is 0 Å². The number of hydrogen-bond acceptors (Lipinski definition) is 7. The largest absolute Gasteiger partial charge is 0.505 e. The predicted octanol–water partition coefficient (Wildman–Crippen LogP) is 2.20. The molecule has 0 aliphatic heterocycles. The van der Waals surface area contributed by atoms with E-state index in [1.54, 1.807) is 13.8 Å². The van der Waals surface area contributed by atoms with Gasteiger partial charge in [-0.15, -0.1) is 5.10 Å². The number of aromatic hydroxyl groups is 1. The van der Waals surface area contributed by atoms with Crippen LogP contribution in [0, 0.1) is 6.92 Å². The van der Waals surface area contributed by atoms with E-state index < -0.39 is 11.9 Å². The van der Waals surface area contributed by atoms with E-state index in [1.807, 2.05) is 0 Å². The predicted molar refractivity (Wildman–Crippen MR) is 98.4 cm³/mol. The average molecular weight is 384 g/mol. The molecular formula is C18H16N4O6. The molecule has 3 rings (SSSR count). The van der Waals surface area contributed by atoms with Gasteiger partial charge in [0.25, 0.3) is 0 Å². The van der Waals surface area contributed by atoms with Gasteiger partial charge in [-0.3, -0.25) is 0 Å². The summed E-state index contributed by atoms with van der Waals surface area (Å²) in [6.07, 6.45) is 2.83. The first kappa shape index (κ1) is 18.8. The molecule has 0 atom stereocenters. The van der Waals surface area contributed by atoms with E-state index in [2.05, 4.69) is 15.2 Å². The van der Waals surface area contributed by atoms with Crippen LogP contribution in [0.5, 0.6) is 5.75 Å². The van der Waals surface area contributed by atoms with Crippen LogP contribution in [-0.4, -0.2) is 54.8 Å². The number of aromatic nitrogens is 3. The third kappa shape index (κ3) is 3.47. The summed E-state index contributed by atoms with van der Waals surface area (Å²) in [5, 5.41) is 37.3. The molecule has 0 aliphatic rings. The molecule has 0 radical (unpaired) electrons. The van der Waals surface area contributed by atoms with Crippen molar-refractivity contribution >= 4 is 29.2 Å². The maximum Gasteiger partial charge on any atom is 0.335 e. The van der Waals surface area contributed by atoms with Crippen LogP contribution in [0.15, 0.2) is 29.6 Å². The van der Waals surface area contributed by atoms with Crippen LogP contribution in [0.2, 0.25) is 0 Å². The molecule has 10 heteroatoms. The monoisotopic (exact) mass is 384 g/mol. The molecule has 0 aliphatic carbocycles. The number of nitrogens with zero attached hydrogens (tertiary/aromatic N) is 4. The number of fused-ring (bicyclic) bond motifs is 1. The van der Waals surface area contributed by atoms with Crippen molar-refractivity contribution in [3.05, 3.63) is 46.8 Å². The normalized spacial score (nSPS) is 11.2. The summed E-state index contributed by atoms with van der Waals surface area (Å²) in [7, 11) is 0. The Kier molecular flexibility index (Phi) is 4.94. The molecule has 0 amide bonds. The smallest absolute Gasteiger partial charge is 0.335 e. The second-order valence-corrected chi connectivity index (χ2v) is 5.80. The van der Waals surface area contributed by atoms with Gasteiger partial charge < -0.3 is 20.2 Å². The molecular weight excluding hydrogens is 368 g/mol. The lowest BCUT2D eigenvalue weighted by Crippen LogP contribution is -2.06. The first-order valence-electron chi connectivity index (χ1n) is 8.18. The summed E-state index contributed by atoms with van der Waals surface area (Å²) in [6.45, 7) is 3.71. The highest BCUT2D eigenvalue weighted by molar-refractivity contribution is 6.00. The fraction of sp³-hybridized carbons (Fsp3) is 0.167. The van der Waals surface area contributed by atoms with Crippen LogP contribution in [-0.2, 0) is 4.84 Å². The zero-order valence-corrected chi connectivity index (χ0v) is 14.9. The molecule has 2 aromatic heterocycles. The second-order valence-electron chi connectivity index (χ2n) is 5.80. The minimum atomic E-state index is -1.27. The number of oxime groups is 1. The van der Waals surface area contributed by atoms with Crippen LogP contribution in [0.3, 0.4) is 0 Å². The van der Waals surface area contributed by atoms with Gasteiger partial charge in [-0.25, -0.2) is 19.3 Å². The minimum absolute atomic E-state index is 0.0963. The number of carbonyl (C=O) groups is 2. The van der Waals surface area contributed by atoms with Crippen LogP contribution in [0.4, 0.5) is 0 Å². The highest BCUT2D eigenvalue weighted by Crippen LogP contribution is 2.28. The van der Waals surface area contributed by atoms with Gasteiger partial charge in [0.15, 0.2) is 5.65 Å². The van der Waals surface area contributed by atoms with Crippen molar-refractivity contribution in [2.75, 3.05) is 6.61 Å². The van der Waals surface area contributed by atoms with Crippen molar-refractivity contribution < 1.29 is 29.7 Å². The molecule has 0 unspecified atom stereocenters. The lowest BCUT2D eigenvalue weighted by Gasteiger charge is -2.05. The van der Waals surface area contributed by atoms with Gasteiger partial charge >= 0.3 is 11.9 Å². The van der Waals surface area contributed by atoms with Gasteiger partial charge in [0.05, 0.1) is 39.7 Å². The van der Waals surface area contributed by atoms with Crippen LogP contribution in [0.25, 0.3) is 16.7 Å². The molecule has 0 fully saturated rings. The molecule has 0 saturated carbocycles. The lowest BCUT2D eigenvalue weighted by molar-refractivity contribution is 0.0696. The first-order chi connectivity index (χ1) is 13.3. The molecule has 0 spiro atoms. The number of carboxylic acid groups (broad SMARTS) is 2. The van der Waals surface area contributed by atoms with Gasteiger partial charge in [-0.2, -0.15) is 0 Å². The number of rotatable bonds is 6. The Morgan fingerprint density at radius 3 is 2.43 bits per heavy atom. The molecule has 10 nitrogen and oxygen atoms in total. The lowest BCUT2D eigenvalue weighted by atomic mass is 10.1. The SMILES string of the molecule is CCON=Cc1c(O)c(C)nc2nn(-c3cc(C(=O)O)cc(C(=O)O)c3)cc12. The number of hydrogen-bond donors (Lipinski definition) is 3. The number of aromatic carboxylic acids is 2. The Morgan fingerprint density at radius 1 is 1.21 bits per heavy atom. The maximum absolute atomic E-state index is 11.3. The standard InChI is InChI=1S/C18H16N4O6/c1-3-28-19-7-13-14-8-22(21-16(14)20-9(2)15(13)23)12-5-10(17(24)25)4-11(6-12)18(26)27/h4-8,23H,3H2,1-2H3,(H,24,25)(H,26,27). The van der Waals surface area contributed by atoms with E-state index in [0.29, 0.717) is 23.3 Å². The van der Waals surface area contributed by atoms with E-state index in [-0.39, 0.29) is 28.2 Å². The number of benzene rings is 1. The summed E-state index contributed by atoms with van der Waals surface area (Å²) in [5.41, 5.74) is 0.751. The third-order valence-electron chi connectivity index (χ3n) is 3.92. The Balaban J connectivity index is 2.21. The molecule has 1 aromatic carbocycles. The minimum Gasteiger partial charge on any atom is -0.505 e. The maximum atomic E-state index is 11.3. The van der Waals surface area contributed by atoms with Crippen molar-refractivity contribution in [2.45, 2.75) is 13.8 Å². The van der Waals surface area contributed by atoms with Gasteiger partial charge in [0.2, 0.25) is 0 Å². The quantitative estimate of drug-likeness (QED) is 0.433. The highest BCUT2D eigenvalue weighted by Gasteiger charge is 2.17. The Hall–Kier alpha value is -3.95. The van der Waals surface area contributed by atoms with E-state index in [9.17, 15) is 24.9 Å². The molecule has 3 N–H and O–H groups in total. The Labute approximate surface area is 158 Å². The Bertz CT molecular complexity index is 1090. The molecule has 2 heterocycles. The van der Waals surface area contributed by atoms with Crippen molar-refractivity contribution in [1.82, 2.24) is 14.8 Å². The summed E-state index contributed by atoms with van der Waals surface area (Å²) in [6, 6.07) is 3.65. The molecule has 0 saturated heterocycles. The summed E-state index contributed by atoms with van der Waals surface area (Å²) in [5.74, 6) is -2.63. The zero-order valence-electron chi connectivity index (χ0n) is 14.9. The number of carboxylic acids is 2. The zero-order chi connectivity index (χ0) is 20.4. The highest BCUT2D eigenvalue weighted by atomic mass is 16.6. The van der Waals surface area contributed by atoms with Gasteiger partial charge in [0, 0.05) is 6.20 Å². The summed E-state index contributed by atoms with van der Waals surface area (Å²) in [4.78, 5) is 31.8. The van der Waals surface area contributed by atoms with Crippen LogP contribution in [0.1, 0.15) is 38.9 Å². The number of aryl methyl sites for hydroxylation is 1. The van der Waals surface area contributed by atoms with E-state index >= 15 is 0 Å². The average Bonchev–Trinajstić information content (AvgIpc) is 3.08. The third-order valence-corrected chi connectivity index (χ3v) is 3.92. The van der Waals surface area contributed by atoms with E-state index in [0.717, 1.165) is 6.07 Å². The van der Waals surface area contributed by atoms with Crippen molar-refractivity contribution in [3.8, 4) is 11.4 Å². The molecule has 0 bridgehead atoms. The topological polar surface area (TPSA) is 147 Å². The van der Waals surface area contributed by atoms with Crippen LogP contribution < -0.4 is 0 Å². The van der Waals surface area contributed by atoms with Crippen molar-refractivity contribution in [2.24, 2.45) is 5.16 Å². The van der Waals surface area contributed by atoms with Gasteiger partial charge in [-0.1, -0.05) is 5.16 Å². The fourth-order valence-corrected chi connectivity index (χ4v) is 2.59. The summed E-state index contributed by atoms with van der Waals surface area (Å²) >= 11 is 0. The van der Waals surface area contributed by atoms with E-state index in [1.165, 1.54) is 29.2 Å². The number of pyridine rings is 1. The summed E-state index contributed by atoms with van der Waals surface area (Å²) < 4.78 is 1.30. The second kappa shape index (κ2) is 7.35. The molecule has 3 aromatic rings. The first-order valence-corrected chi connectivity index (χ1v) is 8.18. The van der Waals surface area contributed by atoms with Gasteiger partial charge in [-0.05, 0) is 32.0 Å². The Morgan fingerprint density at radius 2 is 1.86 bits per heavy atom. The van der Waals surface area contributed by atoms with Crippen molar-refractivity contribution in [1.29, 1.82) is 0 Å². The molecule has 144 valence electrons. The fourth-order valence-electron chi connectivity index (χ4n) is 2.59. The van der Waals surface area contributed by atoms with Crippen LogP contribution >= 0.6 is 0 Å².